The van der Waals surface area contributed by atoms with E-state index < -0.39 is 0 Å². The maximum absolute atomic E-state index is 2.50. The first-order chi connectivity index (χ1) is 22.3. The molecule has 0 saturated heterocycles. The second kappa shape index (κ2) is 42.0. The lowest BCUT2D eigenvalue weighted by Gasteiger charge is -2.11. The summed E-state index contributed by atoms with van der Waals surface area (Å²) in [6.07, 6.45) is 60.7. The predicted molar refractivity (Wildman–Crippen MR) is 210 cm³/mol. The largest absolute Gasteiger partial charge is 0.0654 e. The van der Waals surface area contributed by atoms with Crippen LogP contribution in [0.15, 0.2) is 0 Å². The molecule has 0 N–H and O–H groups in total. The summed E-state index contributed by atoms with van der Waals surface area (Å²) in [7, 11) is 0. The van der Waals surface area contributed by atoms with E-state index in [4.69, 9.17) is 0 Å². The van der Waals surface area contributed by atoms with E-state index >= 15 is 0 Å². The van der Waals surface area contributed by atoms with Crippen molar-refractivity contribution in [2.75, 3.05) is 0 Å². The van der Waals surface area contributed by atoms with Gasteiger partial charge in [0.15, 0.2) is 0 Å². The summed E-state index contributed by atoms with van der Waals surface area (Å²) in [6, 6.07) is 0. The summed E-state index contributed by atoms with van der Waals surface area (Å²) in [5.74, 6) is 0.966. The fourth-order valence-corrected chi connectivity index (χ4v) is 7.46. The highest BCUT2D eigenvalue weighted by molar-refractivity contribution is 4.57. The van der Waals surface area contributed by atoms with E-state index in [9.17, 15) is 0 Å². The summed E-state index contributed by atoms with van der Waals surface area (Å²) < 4.78 is 0. The summed E-state index contributed by atoms with van der Waals surface area (Å²) in [4.78, 5) is 0. The molecule has 0 aromatic carbocycles. The van der Waals surface area contributed by atoms with Crippen molar-refractivity contribution in [2.24, 2.45) is 5.92 Å². The van der Waals surface area contributed by atoms with Crippen LogP contribution in [0.3, 0.4) is 0 Å². The molecule has 0 aromatic rings. The first kappa shape index (κ1) is 45.0. The maximum Gasteiger partial charge on any atom is -0.0443 e. The molecule has 45 heavy (non-hydrogen) atoms. The highest BCUT2D eigenvalue weighted by Crippen LogP contribution is 2.20. The van der Waals surface area contributed by atoms with Crippen LogP contribution in [0.4, 0.5) is 0 Å². The first-order valence-corrected chi connectivity index (χ1v) is 22.3. The summed E-state index contributed by atoms with van der Waals surface area (Å²) in [5.41, 5.74) is 0. The Morgan fingerprint density at radius 1 is 0.200 bits per heavy atom. The molecule has 1 atom stereocenters. The normalized spacial score (nSPS) is 12.3. The third-order valence-corrected chi connectivity index (χ3v) is 10.9. The molecule has 0 bridgehead atoms. The lowest BCUT2D eigenvalue weighted by molar-refractivity contribution is 0.430. The highest BCUT2D eigenvalue weighted by Gasteiger charge is 2.02. The minimum Gasteiger partial charge on any atom is -0.0654 e. The lowest BCUT2D eigenvalue weighted by atomic mass is 9.95. The quantitative estimate of drug-likeness (QED) is 0.0588. The molecular weight excluding hydrogens is 540 g/mol. The van der Waals surface area contributed by atoms with Gasteiger partial charge in [0.25, 0.3) is 0 Å². The minimum atomic E-state index is 0.966. The SMILES string of the molecule is CCCCCCCCCCCCCCCCCCCCCCCCCCCCCCCCCC(C)CCCCCCCCCC. The third-order valence-electron chi connectivity index (χ3n) is 10.9. The Bertz CT molecular complexity index is 480. The molecule has 0 heterocycles. The zero-order chi connectivity index (χ0) is 32.6. The van der Waals surface area contributed by atoms with Gasteiger partial charge >= 0.3 is 0 Å². The topological polar surface area (TPSA) is 0 Å². The Morgan fingerprint density at radius 3 is 0.489 bits per heavy atom. The van der Waals surface area contributed by atoms with E-state index in [2.05, 4.69) is 20.8 Å². The number of rotatable bonds is 41. The molecule has 0 fully saturated rings. The molecule has 0 saturated carbocycles. The average molecular weight is 633 g/mol. The minimum absolute atomic E-state index is 0.966. The van der Waals surface area contributed by atoms with Gasteiger partial charge in [0, 0.05) is 0 Å². The molecule has 0 spiro atoms. The van der Waals surface area contributed by atoms with Crippen LogP contribution >= 0.6 is 0 Å². The monoisotopic (exact) mass is 633 g/mol. The number of hydrogen-bond donors (Lipinski definition) is 0. The number of unbranched alkanes of at least 4 members (excludes halogenated alkanes) is 37. The molecule has 0 aliphatic carbocycles. The first-order valence-electron chi connectivity index (χ1n) is 22.3. The van der Waals surface area contributed by atoms with E-state index in [-0.39, 0.29) is 0 Å². The fraction of sp³-hybridized carbons (Fsp3) is 1.00. The predicted octanol–water partition coefficient (Wildman–Crippen LogP) is 17.7. The van der Waals surface area contributed by atoms with E-state index in [1.54, 1.807) is 0 Å². The van der Waals surface area contributed by atoms with Crippen LogP contribution in [0.25, 0.3) is 0 Å². The van der Waals surface area contributed by atoms with Crippen LogP contribution in [-0.4, -0.2) is 0 Å². The van der Waals surface area contributed by atoms with Crippen LogP contribution in [0.2, 0.25) is 0 Å². The Hall–Kier alpha value is 0. The van der Waals surface area contributed by atoms with Gasteiger partial charge in [-0.3, -0.25) is 0 Å². The van der Waals surface area contributed by atoms with E-state index in [0.717, 1.165) is 5.92 Å². The molecule has 0 aliphatic rings. The van der Waals surface area contributed by atoms with Gasteiger partial charge in [0.05, 0.1) is 0 Å². The van der Waals surface area contributed by atoms with Crippen LogP contribution in [0.5, 0.6) is 0 Å². The summed E-state index contributed by atoms with van der Waals surface area (Å²) in [6.45, 7) is 7.13. The molecule has 1 unspecified atom stereocenters. The van der Waals surface area contributed by atoms with Crippen LogP contribution in [0.1, 0.15) is 284 Å². The van der Waals surface area contributed by atoms with Crippen molar-refractivity contribution < 1.29 is 0 Å². The van der Waals surface area contributed by atoms with E-state index in [1.807, 2.05) is 0 Å². The van der Waals surface area contributed by atoms with E-state index in [0.29, 0.717) is 0 Å². The molecular formula is C45H92. The van der Waals surface area contributed by atoms with Gasteiger partial charge in [-0.05, 0) is 5.92 Å². The smallest absolute Gasteiger partial charge is 0.0443 e. The lowest BCUT2D eigenvalue weighted by Crippen LogP contribution is -1.95. The number of hydrogen-bond acceptors (Lipinski definition) is 0. The Morgan fingerprint density at radius 2 is 0.333 bits per heavy atom. The second-order valence-corrected chi connectivity index (χ2v) is 15.8. The van der Waals surface area contributed by atoms with Gasteiger partial charge in [0.2, 0.25) is 0 Å². The van der Waals surface area contributed by atoms with Crippen LogP contribution in [0, 0.1) is 5.92 Å². The maximum atomic E-state index is 2.50. The molecule has 272 valence electrons. The Balaban J connectivity index is 3.09. The average Bonchev–Trinajstić information content (AvgIpc) is 3.05. The zero-order valence-corrected chi connectivity index (χ0v) is 32.6. The van der Waals surface area contributed by atoms with Crippen LogP contribution < -0.4 is 0 Å². The van der Waals surface area contributed by atoms with Gasteiger partial charge in [-0.2, -0.15) is 0 Å². The third kappa shape index (κ3) is 42.0. The molecule has 0 heteroatoms. The molecule has 0 amide bonds. The Kier molecular flexibility index (Phi) is 42.0. The van der Waals surface area contributed by atoms with Crippen molar-refractivity contribution in [3.8, 4) is 0 Å². The van der Waals surface area contributed by atoms with Crippen LogP contribution in [-0.2, 0) is 0 Å². The zero-order valence-electron chi connectivity index (χ0n) is 32.6. The molecule has 0 rings (SSSR count). The van der Waals surface area contributed by atoms with Crippen molar-refractivity contribution in [1.82, 2.24) is 0 Å². The van der Waals surface area contributed by atoms with Crippen molar-refractivity contribution >= 4 is 0 Å². The molecule has 0 radical (unpaired) electrons. The van der Waals surface area contributed by atoms with Crippen molar-refractivity contribution in [1.29, 1.82) is 0 Å². The molecule has 0 aromatic heterocycles. The van der Waals surface area contributed by atoms with Gasteiger partial charge in [-0.25, -0.2) is 0 Å². The molecule has 0 aliphatic heterocycles. The summed E-state index contributed by atoms with van der Waals surface area (Å²) in [5, 5.41) is 0. The summed E-state index contributed by atoms with van der Waals surface area (Å²) >= 11 is 0. The van der Waals surface area contributed by atoms with Gasteiger partial charge in [-0.1, -0.05) is 284 Å². The molecule has 0 nitrogen and oxygen atoms in total. The van der Waals surface area contributed by atoms with Gasteiger partial charge in [-0.15, -0.1) is 0 Å². The standard InChI is InChI=1S/C45H92/c1-4-6-8-10-12-14-15-16-17-18-19-20-21-22-23-24-25-26-27-28-29-30-31-32-33-34-35-36-38-40-42-44-45(3)43-41-39-37-13-11-9-7-5-2/h45H,4-44H2,1-3H3. The highest BCUT2D eigenvalue weighted by atomic mass is 14.1. The van der Waals surface area contributed by atoms with E-state index in [1.165, 1.54) is 263 Å². The van der Waals surface area contributed by atoms with Crippen molar-refractivity contribution in [3.05, 3.63) is 0 Å². The van der Waals surface area contributed by atoms with Gasteiger partial charge < -0.3 is 0 Å². The second-order valence-electron chi connectivity index (χ2n) is 15.8. The van der Waals surface area contributed by atoms with Gasteiger partial charge in [0.1, 0.15) is 0 Å². The van der Waals surface area contributed by atoms with Crippen molar-refractivity contribution in [3.63, 3.8) is 0 Å². The Labute approximate surface area is 289 Å². The van der Waals surface area contributed by atoms with Crippen molar-refractivity contribution in [2.45, 2.75) is 284 Å². The fourth-order valence-electron chi connectivity index (χ4n) is 7.46.